The monoisotopic (exact) mass is 263 g/mol. The van der Waals surface area contributed by atoms with Crippen molar-refractivity contribution in [2.24, 2.45) is 0 Å². The molecule has 0 aliphatic rings. The van der Waals surface area contributed by atoms with Gasteiger partial charge in [-0.2, -0.15) is 0 Å². The summed E-state index contributed by atoms with van der Waals surface area (Å²) in [4.78, 5) is 8.81. The van der Waals surface area contributed by atoms with E-state index in [1.54, 1.807) is 6.20 Å². The van der Waals surface area contributed by atoms with E-state index < -0.39 is 0 Å². The van der Waals surface area contributed by atoms with Gasteiger partial charge in [-0.25, -0.2) is 9.97 Å². The number of nitrogens with zero attached hydrogens (tertiary/aromatic N) is 2. The summed E-state index contributed by atoms with van der Waals surface area (Å²) in [6.45, 7) is 4.15. The zero-order valence-electron chi connectivity index (χ0n) is 11.7. The van der Waals surface area contributed by atoms with Crippen molar-refractivity contribution >= 4 is 16.7 Å². The summed E-state index contributed by atoms with van der Waals surface area (Å²) in [5.41, 5.74) is 2.05. The molecule has 0 amide bonds. The SMILES string of the molecule is CC(C)Nc1nccc(-c2ccc3ccccc3c2)n1. The highest BCUT2D eigenvalue weighted by Gasteiger charge is 2.04. The fraction of sp³-hybridized carbons (Fsp3) is 0.176. The number of hydrogen-bond acceptors (Lipinski definition) is 3. The molecule has 3 aromatic rings. The highest BCUT2D eigenvalue weighted by atomic mass is 15.1. The van der Waals surface area contributed by atoms with Crippen LogP contribution in [0.25, 0.3) is 22.0 Å². The second-order valence-electron chi connectivity index (χ2n) is 5.13. The summed E-state index contributed by atoms with van der Waals surface area (Å²) >= 11 is 0. The molecule has 0 atom stereocenters. The maximum absolute atomic E-state index is 4.57. The van der Waals surface area contributed by atoms with Crippen LogP contribution in [0.2, 0.25) is 0 Å². The number of benzene rings is 2. The van der Waals surface area contributed by atoms with Crippen molar-refractivity contribution in [3.63, 3.8) is 0 Å². The van der Waals surface area contributed by atoms with E-state index in [1.165, 1.54) is 10.8 Å². The van der Waals surface area contributed by atoms with E-state index in [0.29, 0.717) is 12.0 Å². The maximum atomic E-state index is 4.57. The normalized spacial score (nSPS) is 10.9. The Kier molecular flexibility index (Phi) is 3.33. The largest absolute Gasteiger partial charge is 0.352 e. The molecule has 100 valence electrons. The molecule has 0 fully saturated rings. The standard InChI is InChI=1S/C17H17N3/c1-12(2)19-17-18-10-9-16(20-17)15-8-7-13-5-3-4-6-14(13)11-15/h3-12H,1-2H3,(H,18,19,20). The van der Waals surface area contributed by atoms with Gasteiger partial charge in [0.25, 0.3) is 0 Å². The molecule has 0 aliphatic heterocycles. The first-order valence-electron chi connectivity index (χ1n) is 6.81. The molecule has 20 heavy (non-hydrogen) atoms. The third kappa shape index (κ3) is 2.62. The van der Waals surface area contributed by atoms with Gasteiger partial charge in [-0.05, 0) is 36.8 Å². The van der Waals surface area contributed by atoms with Gasteiger partial charge in [-0.1, -0.05) is 36.4 Å². The van der Waals surface area contributed by atoms with Crippen LogP contribution in [-0.4, -0.2) is 16.0 Å². The van der Waals surface area contributed by atoms with Crippen molar-refractivity contribution in [2.75, 3.05) is 5.32 Å². The Bertz CT molecular complexity index is 735. The van der Waals surface area contributed by atoms with Crippen LogP contribution in [0.1, 0.15) is 13.8 Å². The van der Waals surface area contributed by atoms with Crippen LogP contribution in [0.4, 0.5) is 5.95 Å². The summed E-state index contributed by atoms with van der Waals surface area (Å²) in [6.07, 6.45) is 1.79. The summed E-state index contributed by atoms with van der Waals surface area (Å²) in [7, 11) is 0. The molecule has 3 rings (SSSR count). The molecule has 1 aromatic heterocycles. The van der Waals surface area contributed by atoms with Gasteiger partial charge in [-0.3, -0.25) is 0 Å². The van der Waals surface area contributed by atoms with Crippen molar-refractivity contribution in [1.29, 1.82) is 0 Å². The van der Waals surface area contributed by atoms with E-state index in [4.69, 9.17) is 0 Å². The van der Waals surface area contributed by atoms with E-state index >= 15 is 0 Å². The van der Waals surface area contributed by atoms with E-state index in [0.717, 1.165) is 11.3 Å². The Morgan fingerprint density at radius 3 is 2.55 bits per heavy atom. The third-order valence-corrected chi connectivity index (χ3v) is 3.12. The average Bonchev–Trinajstić information content (AvgIpc) is 2.46. The third-order valence-electron chi connectivity index (χ3n) is 3.12. The van der Waals surface area contributed by atoms with E-state index in [2.05, 4.69) is 71.6 Å². The quantitative estimate of drug-likeness (QED) is 0.772. The molecule has 0 aliphatic carbocycles. The predicted molar refractivity (Wildman–Crippen MR) is 83.7 cm³/mol. The van der Waals surface area contributed by atoms with Gasteiger partial charge in [-0.15, -0.1) is 0 Å². The van der Waals surface area contributed by atoms with Gasteiger partial charge in [0.15, 0.2) is 0 Å². The minimum Gasteiger partial charge on any atom is -0.352 e. The second-order valence-corrected chi connectivity index (χ2v) is 5.13. The predicted octanol–water partition coefficient (Wildman–Crippen LogP) is 4.12. The van der Waals surface area contributed by atoms with Crippen LogP contribution in [0.5, 0.6) is 0 Å². The summed E-state index contributed by atoms with van der Waals surface area (Å²) in [5.74, 6) is 0.672. The minimum atomic E-state index is 0.321. The van der Waals surface area contributed by atoms with E-state index in [-0.39, 0.29) is 0 Å². The fourth-order valence-corrected chi connectivity index (χ4v) is 2.20. The zero-order valence-corrected chi connectivity index (χ0v) is 11.7. The lowest BCUT2D eigenvalue weighted by atomic mass is 10.1. The number of hydrogen-bond donors (Lipinski definition) is 1. The number of aromatic nitrogens is 2. The van der Waals surface area contributed by atoms with Crippen molar-refractivity contribution in [3.05, 3.63) is 54.7 Å². The second kappa shape index (κ2) is 5.29. The first-order valence-corrected chi connectivity index (χ1v) is 6.81. The number of fused-ring (bicyclic) bond motifs is 1. The topological polar surface area (TPSA) is 37.8 Å². The number of nitrogens with one attached hydrogen (secondary N) is 1. The van der Waals surface area contributed by atoms with Crippen LogP contribution < -0.4 is 5.32 Å². The van der Waals surface area contributed by atoms with Crippen molar-refractivity contribution in [2.45, 2.75) is 19.9 Å². The smallest absolute Gasteiger partial charge is 0.223 e. The first-order chi connectivity index (χ1) is 9.72. The zero-order chi connectivity index (χ0) is 13.9. The Balaban J connectivity index is 2.01. The van der Waals surface area contributed by atoms with Crippen molar-refractivity contribution in [1.82, 2.24) is 9.97 Å². The maximum Gasteiger partial charge on any atom is 0.223 e. The molecule has 0 unspecified atom stereocenters. The molecular weight excluding hydrogens is 246 g/mol. The van der Waals surface area contributed by atoms with Gasteiger partial charge in [0.05, 0.1) is 5.69 Å². The van der Waals surface area contributed by atoms with Crippen LogP contribution in [0.3, 0.4) is 0 Å². The molecular formula is C17H17N3. The summed E-state index contributed by atoms with van der Waals surface area (Å²) in [6, 6.07) is 17.0. The Morgan fingerprint density at radius 2 is 1.75 bits per heavy atom. The number of anilines is 1. The van der Waals surface area contributed by atoms with Crippen LogP contribution in [0, 0.1) is 0 Å². The molecule has 0 bridgehead atoms. The van der Waals surface area contributed by atoms with Crippen LogP contribution in [0.15, 0.2) is 54.7 Å². The molecule has 1 N–H and O–H groups in total. The Morgan fingerprint density at radius 1 is 0.950 bits per heavy atom. The molecule has 1 heterocycles. The average molecular weight is 263 g/mol. The van der Waals surface area contributed by atoms with Gasteiger partial charge in [0.2, 0.25) is 5.95 Å². The molecule has 2 aromatic carbocycles. The fourth-order valence-electron chi connectivity index (χ4n) is 2.20. The molecule has 3 heteroatoms. The van der Waals surface area contributed by atoms with Crippen molar-refractivity contribution in [3.8, 4) is 11.3 Å². The highest BCUT2D eigenvalue weighted by molar-refractivity contribution is 5.86. The summed E-state index contributed by atoms with van der Waals surface area (Å²) in [5, 5.41) is 5.70. The Hall–Kier alpha value is -2.42. The molecule has 0 radical (unpaired) electrons. The first kappa shape index (κ1) is 12.6. The van der Waals surface area contributed by atoms with Gasteiger partial charge >= 0.3 is 0 Å². The van der Waals surface area contributed by atoms with E-state index in [9.17, 15) is 0 Å². The molecule has 0 spiro atoms. The minimum absolute atomic E-state index is 0.321. The lowest BCUT2D eigenvalue weighted by Gasteiger charge is -2.09. The highest BCUT2D eigenvalue weighted by Crippen LogP contribution is 2.23. The molecule has 0 saturated heterocycles. The van der Waals surface area contributed by atoms with Crippen LogP contribution >= 0.6 is 0 Å². The van der Waals surface area contributed by atoms with Gasteiger partial charge < -0.3 is 5.32 Å². The number of rotatable bonds is 3. The lowest BCUT2D eigenvalue weighted by Crippen LogP contribution is -2.12. The lowest BCUT2D eigenvalue weighted by molar-refractivity contribution is 0.875. The van der Waals surface area contributed by atoms with Gasteiger partial charge in [0.1, 0.15) is 0 Å². The molecule has 0 saturated carbocycles. The summed E-state index contributed by atoms with van der Waals surface area (Å²) < 4.78 is 0. The van der Waals surface area contributed by atoms with Crippen LogP contribution in [-0.2, 0) is 0 Å². The molecule has 3 nitrogen and oxygen atoms in total. The van der Waals surface area contributed by atoms with Crippen molar-refractivity contribution < 1.29 is 0 Å². The van der Waals surface area contributed by atoms with Gasteiger partial charge in [0, 0.05) is 17.8 Å². The Labute approximate surface area is 118 Å². The van der Waals surface area contributed by atoms with E-state index in [1.807, 2.05) is 6.07 Å².